The van der Waals surface area contributed by atoms with Crippen LogP contribution in [-0.2, 0) is 6.04 Å². The van der Waals surface area contributed by atoms with E-state index in [0.717, 1.165) is 11.8 Å². The molecule has 2 aromatic rings. The fourth-order valence-electron chi connectivity index (χ4n) is 2.09. The molecular formula is C16H20OSi. The molecule has 1 unspecified atom stereocenters. The van der Waals surface area contributed by atoms with Crippen LogP contribution in [0.15, 0.2) is 60.7 Å². The van der Waals surface area contributed by atoms with Crippen LogP contribution in [0.3, 0.4) is 0 Å². The van der Waals surface area contributed by atoms with Crippen molar-refractivity contribution >= 4 is 9.04 Å². The van der Waals surface area contributed by atoms with Gasteiger partial charge in [-0.15, -0.1) is 0 Å². The largest absolute Gasteiger partial charge is 0.546 e. The third-order valence-electron chi connectivity index (χ3n) is 2.96. The van der Waals surface area contributed by atoms with Crippen LogP contribution in [0.25, 0.3) is 0 Å². The van der Waals surface area contributed by atoms with Crippen LogP contribution >= 0.6 is 0 Å². The maximum absolute atomic E-state index is 6.20. The van der Waals surface area contributed by atoms with Gasteiger partial charge in [-0.1, -0.05) is 61.9 Å². The fourth-order valence-corrected chi connectivity index (χ4v) is 4.48. The summed E-state index contributed by atoms with van der Waals surface area (Å²) >= 11 is 0. The Morgan fingerprint density at radius 1 is 0.889 bits per heavy atom. The molecule has 1 nitrogen and oxygen atoms in total. The van der Waals surface area contributed by atoms with Crippen molar-refractivity contribution in [2.24, 2.45) is 0 Å². The lowest BCUT2D eigenvalue weighted by Gasteiger charge is -2.17. The minimum absolute atomic E-state index is 1.03. The quantitative estimate of drug-likeness (QED) is 0.710. The molecule has 0 aliphatic rings. The standard InChI is InChI=1S/C16H20OSi/c1-2-13-18(14-15-9-5-3-6-10-15)17-16-11-7-4-8-12-16/h3-12,18H,2,13-14H2,1H3. The van der Waals surface area contributed by atoms with Crippen LogP contribution < -0.4 is 4.43 Å². The number of benzene rings is 2. The van der Waals surface area contributed by atoms with Gasteiger partial charge in [0.15, 0.2) is 0 Å². The first-order chi connectivity index (χ1) is 8.88. The maximum atomic E-state index is 6.20. The van der Waals surface area contributed by atoms with Gasteiger partial charge in [-0.25, -0.2) is 0 Å². The van der Waals surface area contributed by atoms with Crippen molar-refractivity contribution in [1.82, 2.24) is 0 Å². The Morgan fingerprint density at radius 3 is 2.11 bits per heavy atom. The van der Waals surface area contributed by atoms with Crippen molar-refractivity contribution in [2.75, 3.05) is 0 Å². The number of hydrogen-bond acceptors (Lipinski definition) is 1. The van der Waals surface area contributed by atoms with E-state index in [1.807, 2.05) is 18.2 Å². The third kappa shape index (κ3) is 4.04. The van der Waals surface area contributed by atoms with Gasteiger partial charge in [-0.05, 0) is 29.8 Å². The number of para-hydroxylation sites is 1. The van der Waals surface area contributed by atoms with Gasteiger partial charge in [-0.2, -0.15) is 0 Å². The first-order valence-corrected chi connectivity index (χ1v) is 8.74. The second-order valence-electron chi connectivity index (χ2n) is 4.53. The summed E-state index contributed by atoms with van der Waals surface area (Å²) < 4.78 is 6.20. The monoisotopic (exact) mass is 256 g/mol. The van der Waals surface area contributed by atoms with Crippen LogP contribution in [0.5, 0.6) is 5.75 Å². The molecule has 0 N–H and O–H groups in total. The second kappa shape index (κ2) is 7.02. The molecule has 0 fully saturated rings. The molecule has 0 spiro atoms. The first kappa shape index (κ1) is 12.9. The topological polar surface area (TPSA) is 9.23 Å². The molecule has 2 heteroatoms. The summed E-state index contributed by atoms with van der Waals surface area (Å²) in [6, 6.07) is 23.2. The van der Waals surface area contributed by atoms with Crippen LogP contribution in [0.4, 0.5) is 0 Å². The van der Waals surface area contributed by atoms with E-state index in [1.54, 1.807) is 0 Å². The average Bonchev–Trinajstić information content (AvgIpc) is 2.41. The zero-order valence-corrected chi connectivity index (χ0v) is 12.0. The van der Waals surface area contributed by atoms with Crippen LogP contribution in [0, 0.1) is 0 Å². The highest BCUT2D eigenvalue weighted by atomic mass is 28.3. The van der Waals surface area contributed by atoms with Crippen molar-refractivity contribution in [3.63, 3.8) is 0 Å². The first-order valence-electron chi connectivity index (χ1n) is 6.64. The molecule has 0 radical (unpaired) electrons. The van der Waals surface area contributed by atoms with Gasteiger partial charge in [0.2, 0.25) is 9.04 Å². The molecule has 0 saturated heterocycles. The van der Waals surface area contributed by atoms with E-state index < -0.39 is 9.04 Å². The summed E-state index contributed by atoms with van der Waals surface area (Å²) in [5.41, 5.74) is 1.40. The highest BCUT2D eigenvalue weighted by molar-refractivity contribution is 6.52. The van der Waals surface area contributed by atoms with Gasteiger partial charge in [0.1, 0.15) is 5.75 Å². The molecule has 0 amide bonds. The predicted octanol–water partition coefficient (Wildman–Crippen LogP) is 3.98. The molecule has 94 valence electrons. The lowest BCUT2D eigenvalue weighted by atomic mass is 10.2. The van der Waals surface area contributed by atoms with Crippen molar-refractivity contribution in [3.8, 4) is 5.75 Å². The van der Waals surface area contributed by atoms with Crippen LogP contribution in [0.1, 0.15) is 18.9 Å². The van der Waals surface area contributed by atoms with E-state index in [-0.39, 0.29) is 0 Å². The molecule has 0 heterocycles. The molecule has 0 aliphatic heterocycles. The summed E-state index contributed by atoms with van der Waals surface area (Å²) in [5, 5.41) is 0. The zero-order valence-electron chi connectivity index (χ0n) is 10.9. The normalized spacial score (nSPS) is 12.1. The highest BCUT2D eigenvalue weighted by Gasteiger charge is 2.13. The Morgan fingerprint density at radius 2 is 1.50 bits per heavy atom. The highest BCUT2D eigenvalue weighted by Crippen LogP contribution is 2.15. The molecule has 0 aliphatic carbocycles. The van der Waals surface area contributed by atoms with Crippen molar-refractivity contribution in [1.29, 1.82) is 0 Å². The molecule has 0 aromatic heterocycles. The minimum atomic E-state index is -1.19. The molecule has 2 rings (SSSR count). The summed E-state index contributed by atoms with van der Waals surface area (Å²) in [5.74, 6) is 1.03. The second-order valence-corrected chi connectivity index (χ2v) is 7.00. The number of rotatable bonds is 6. The third-order valence-corrected chi connectivity index (χ3v) is 5.72. The lowest BCUT2D eigenvalue weighted by Crippen LogP contribution is -2.25. The summed E-state index contributed by atoms with van der Waals surface area (Å²) in [6.07, 6.45) is 1.20. The molecular weight excluding hydrogens is 236 g/mol. The average molecular weight is 256 g/mol. The van der Waals surface area contributed by atoms with E-state index >= 15 is 0 Å². The van der Waals surface area contributed by atoms with Gasteiger partial charge in [0.25, 0.3) is 0 Å². The van der Waals surface area contributed by atoms with Crippen molar-refractivity contribution < 1.29 is 4.43 Å². The Hall–Kier alpha value is -1.54. The Kier molecular flexibility index (Phi) is 5.03. The maximum Gasteiger partial charge on any atom is 0.239 e. The molecule has 0 bridgehead atoms. The Labute approximate surface area is 111 Å². The molecule has 1 atom stereocenters. The van der Waals surface area contributed by atoms with Gasteiger partial charge in [0, 0.05) is 0 Å². The van der Waals surface area contributed by atoms with E-state index in [9.17, 15) is 0 Å². The van der Waals surface area contributed by atoms with E-state index in [1.165, 1.54) is 18.0 Å². The molecule has 18 heavy (non-hydrogen) atoms. The molecule has 0 saturated carbocycles. The number of hydrogen-bond donors (Lipinski definition) is 0. The summed E-state index contributed by atoms with van der Waals surface area (Å²) in [6.45, 7) is 2.24. The van der Waals surface area contributed by atoms with Crippen LogP contribution in [-0.4, -0.2) is 9.04 Å². The van der Waals surface area contributed by atoms with Gasteiger partial charge in [0.05, 0.1) is 0 Å². The SMILES string of the molecule is CCC[SiH](Cc1ccccc1)Oc1ccccc1. The van der Waals surface area contributed by atoms with E-state index in [4.69, 9.17) is 4.43 Å². The smallest absolute Gasteiger partial charge is 0.239 e. The Bertz CT molecular complexity index is 400. The lowest BCUT2D eigenvalue weighted by molar-refractivity contribution is 0.560. The minimum Gasteiger partial charge on any atom is -0.546 e. The van der Waals surface area contributed by atoms with Gasteiger partial charge in [-0.3, -0.25) is 0 Å². The predicted molar refractivity (Wildman–Crippen MR) is 79.5 cm³/mol. The van der Waals surface area contributed by atoms with Crippen molar-refractivity contribution in [2.45, 2.75) is 25.4 Å². The van der Waals surface area contributed by atoms with E-state index in [2.05, 4.69) is 49.4 Å². The van der Waals surface area contributed by atoms with Gasteiger partial charge >= 0.3 is 0 Å². The Balaban J connectivity index is 2.00. The molecule has 2 aromatic carbocycles. The summed E-state index contributed by atoms with van der Waals surface area (Å²) in [4.78, 5) is 0. The van der Waals surface area contributed by atoms with E-state index in [0.29, 0.717) is 0 Å². The fraction of sp³-hybridized carbons (Fsp3) is 0.250. The van der Waals surface area contributed by atoms with Gasteiger partial charge < -0.3 is 4.43 Å². The summed E-state index contributed by atoms with van der Waals surface area (Å²) in [7, 11) is -1.19. The van der Waals surface area contributed by atoms with Crippen LogP contribution in [0.2, 0.25) is 6.04 Å². The zero-order chi connectivity index (χ0) is 12.6. The van der Waals surface area contributed by atoms with Crippen molar-refractivity contribution in [3.05, 3.63) is 66.2 Å².